The average Bonchev–Trinajstić information content (AvgIpc) is 2.59. The highest BCUT2D eigenvalue weighted by Crippen LogP contribution is 2.23. The Kier molecular flexibility index (Phi) is 6.33. The Bertz CT molecular complexity index is 697. The van der Waals surface area contributed by atoms with Gasteiger partial charge in [-0.3, -0.25) is 0 Å². The van der Waals surface area contributed by atoms with E-state index in [2.05, 4.69) is 0 Å². The summed E-state index contributed by atoms with van der Waals surface area (Å²) in [7, 11) is -3.48. The zero-order valence-corrected chi connectivity index (χ0v) is 14.2. The second kappa shape index (κ2) is 8.24. The summed E-state index contributed by atoms with van der Waals surface area (Å²) in [6.45, 7) is 2.77. The Hall–Kier alpha value is -1.69. The lowest BCUT2D eigenvalue weighted by molar-refractivity contribution is 0.277. The molecule has 2 aromatic carbocycles. The van der Waals surface area contributed by atoms with Crippen LogP contribution < -0.4 is 0 Å². The maximum atomic E-state index is 12.7. The van der Waals surface area contributed by atoms with Crippen LogP contribution in [0.5, 0.6) is 0 Å². The van der Waals surface area contributed by atoms with Crippen molar-refractivity contribution in [1.82, 2.24) is 4.31 Å². The molecule has 0 aliphatic heterocycles. The minimum atomic E-state index is -3.48. The standard InChI is InChI=1S/C18H23NO3S/c1-2-19(14-6-7-15-20)23(21,22)18-12-10-17(11-13-18)16-8-4-3-5-9-16/h3-5,8-13,20H,2,6-7,14-15H2,1H3. The summed E-state index contributed by atoms with van der Waals surface area (Å²) in [5.41, 5.74) is 2.06. The van der Waals surface area contributed by atoms with Crippen LogP contribution >= 0.6 is 0 Å². The number of hydrogen-bond acceptors (Lipinski definition) is 3. The molecule has 1 N–H and O–H groups in total. The Balaban J connectivity index is 2.19. The van der Waals surface area contributed by atoms with Gasteiger partial charge < -0.3 is 5.11 Å². The SMILES string of the molecule is CCN(CCCCO)S(=O)(=O)c1ccc(-c2ccccc2)cc1. The molecule has 0 aliphatic carbocycles. The van der Waals surface area contributed by atoms with Gasteiger partial charge in [0.2, 0.25) is 10.0 Å². The molecule has 23 heavy (non-hydrogen) atoms. The predicted octanol–water partition coefficient (Wildman–Crippen LogP) is 3.14. The second-order valence-electron chi connectivity index (χ2n) is 5.32. The molecule has 0 amide bonds. The van der Waals surface area contributed by atoms with Gasteiger partial charge in [0.15, 0.2) is 0 Å². The Labute approximate surface area is 138 Å². The fourth-order valence-electron chi connectivity index (χ4n) is 2.45. The van der Waals surface area contributed by atoms with Crippen molar-refractivity contribution < 1.29 is 13.5 Å². The Morgan fingerprint density at radius 1 is 0.913 bits per heavy atom. The number of sulfonamides is 1. The highest BCUT2D eigenvalue weighted by atomic mass is 32.2. The van der Waals surface area contributed by atoms with E-state index < -0.39 is 10.0 Å². The van der Waals surface area contributed by atoms with Crippen molar-refractivity contribution in [3.8, 4) is 11.1 Å². The van der Waals surface area contributed by atoms with Crippen LogP contribution in [0.2, 0.25) is 0 Å². The van der Waals surface area contributed by atoms with E-state index in [4.69, 9.17) is 5.11 Å². The number of benzene rings is 2. The number of aliphatic hydroxyl groups excluding tert-OH is 1. The zero-order valence-electron chi connectivity index (χ0n) is 13.4. The maximum Gasteiger partial charge on any atom is 0.243 e. The normalized spacial score (nSPS) is 11.8. The number of nitrogens with zero attached hydrogens (tertiary/aromatic N) is 1. The van der Waals surface area contributed by atoms with Crippen LogP contribution in [0.4, 0.5) is 0 Å². The number of aliphatic hydroxyl groups is 1. The predicted molar refractivity (Wildman–Crippen MR) is 92.6 cm³/mol. The molecule has 0 unspecified atom stereocenters. The van der Waals surface area contributed by atoms with E-state index >= 15 is 0 Å². The van der Waals surface area contributed by atoms with Gasteiger partial charge in [-0.05, 0) is 36.1 Å². The van der Waals surface area contributed by atoms with Gasteiger partial charge in [0.25, 0.3) is 0 Å². The van der Waals surface area contributed by atoms with E-state index in [0.29, 0.717) is 30.8 Å². The molecular formula is C18H23NO3S. The maximum absolute atomic E-state index is 12.7. The van der Waals surface area contributed by atoms with E-state index in [1.165, 1.54) is 4.31 Å². The monoisotopic (exact) mass is 333 g/mol. The molecule has 5 heteroatoms. The molecule has 0 atom stereocenters. The van der Waals surface area contributed by atoms with Crippen molar-refractivity contribution in [2.75, 3.05) is 19.7 Å². The van der Waals surface area contributed by atoms with Gasteiger partial charge in [-0.15, -0.1) is 0 Å². The Morgan fingerprint density at radius 3 is 2.09 bits per heavy atom. The van der Waals surface area contributed by atoms with Crippen molar-refractivity contribution in [1.29, 1.82) is 0 Å². The second-order valence-corrected chi connectivity index (χ2v) is 7.26. The molecule has 2 rings (SSSR count). The first-order valence-electron chi connectivity index (χ1n) is 7.86. The van der Waals surface area contributed by atoms with Crippen LogP contribution in [0.15, 0.2) is 59.5 Å². The van der Waals surface area contributed by atoms with E-state index in [9.17, 15) is 8.42 Å². The van der Waals surface area contributed by atoms with Crippen molar-refractivity contribution in [3.05, 3.63) is 54.6 Å². The molecule has 0 bridgehead atoms. The zero-order chi connectivity index (χ0) is 16.7. The first-order chi connectivity index (χ1) is 11.1. The fraction of sp³-hybridized carbons (Fsp3) is 0.333. The van der Waals surface area contributed by atoms with Gasteiger partial charge in [0, 0.05) is 19.7 Å². The Morgan fingerprint density at radius 2 is 1.52 bits per heavy atom. The van der Waals surface area contributed by atoms with Crippen molar-refractivity contribution >= 4 is 10.0 Å². The summed E-state index contributed by atoms with van der Waals surface area (Å²) in [5.74, 6) is 0. The van der Waals surface area contributed by atoms with E-state index in [1.807, 2.05) is 49.4 Å². The van der Waals surface area contributed by atoms with Gasteiger partial charge in [-0.25, -0.2) is 8.42 Å². The molecule has 0 aromatic heterocycles. The van der Waals surface area contributed by atoms with Crippen LogP contribution in [0.1, 0.15) is 19.8 Å². The van der Waals surface area contributed by atoms with E-state index in [0.717, 1.165) is 11.1 Å². The summed E-state index contributed by atoms with van der Waals surface area (Å²) in [6.07, 6.45) is 1.27. The summed E-state index contributed by atoms with van der Waals surface area (Å²) in [4.78, 5) is 0.308. The molecule has 0 heterocycles. The van der Waals surface area contributed by atoms with Crippen molar-refractivity contribution in [2.45, 2.75) is 24.7 Å². The molecule has 124 valence electrons. The minimum absolute atomic E-state index is 0.0867. The van der Waals surface area contributed by atoms with Gasteiger partial charge in [-0.1, -0.05) is 49.4 Å². The molecule has 0 radical (unpaired) electrons. The van der Waals surface area contributed by atoms with Crippen molar-refractivity contribution in [3.63, 3.8) is 0 Å². The van der Waals surface area contributed by atoms with Gasteiger partial charge >= 0.3 is 0 Å². The first kappa shape index (κ1) is 17.7. The highest BCUT2D eigenvalue weighted by Gasteiger charge is 2.22. The lowest BCUT2D eigenvalue weighted by Crippen LogP contribution is -2.32. The third-order valence-corrected chi connectivity index (χ3v) is 5.76. The van der Waals surface area contributed by atoms with Gasteiger partial charge in [0.05, 0.1) is 4.90 Å². The molecule has 0 spiro atoms. The average molecular weight is 333 g/mol. The van der Waals surface area contributed by atoms with Crippen LogP contribution in [0.25, 0.3) is 11.1 Å². The van der Waals surface area contributed by atoms with Crippen LogP contribution in [0, 0.1) is 0 Å². The lowest BCUT2D eigenvalue weighted by atomic mass is 10.1. The number of rotatable bonds is 8. The molecule has 4 nitrogen and oxygen atoms in total. The summed E-state index contributed by atoms with van der Waals surface area (Å²) in [5, 5.41) is 8.84. The van der Waals surface area contributed by atoms with E-state index in [1.54, 1.807) is 12.1 Å². The minimum Gasteiger partial charge on any atom is -0.396 e. The van der Waals surface area contributed by atoms with Gasteiger partial charge in [0.1, 0.15) is 0 Å². The molecule has 0 aliphatic rings. The number of hydrogen-bond donors (Lipinski definition) is 1. The summed E-state index contributed by atoms with van der Waals surface area (Å²) < 4.78 is 26.8. The van der Waals surface area contributed by atoms with Crippen molar-refractivity contribution in [2.24, 2.45) is 0 Å². The fourth-order valence-corrected chi connectivity index (χ4v) is 3.93. The molecular weight excluding hydrogens is 310 g/mol. The van der Waals surface area contributed by atoms with Crippen LogP contribution in [-0.4, -0.2) is 37.5 Å². The van der Waals surface area contributed by atoms with Crippen LogP contribution in [0.3, 0.4) is 0 Å². The lowest BCUT2D eigenvalue weighted by Gasteiger charge is -2.20. The first-order valence-corrected chi connectivity index (χ1v) is 9.30. The third-order valence-electron chi connectivity index (χ3n) is 3.77. The summed E-state index contributed by atoms with van der Waals surface area (Å²) in [6, 6.07) is 16.9. The third kappa shape index (κ3) is 4.41. The molecule has 0 fully saturated rings. The highest BCUT2D eigenvalue weighted by molar-refractivity contribution is 7.89. The molecule has 0 saturated heterocycles. The van der Waals surface area contributed by atoms with E-state index in [-0.39, 0.29) is 6.61 Å². The molecule has 0 saturated carbocycles. The largest absolute Gasteiger partial charge is 0.396 e. The molecule has 2 aromatic rings. The van der Waals surface area contributed by atoms with Crippen LogP contribution in [-0.2, 0) is 10.0 Å². The topological polar surface area (TPSA) is 57.6 Å². The number of unbranched alkanes of at least 4 members (excludes halogenated alkanes) is 1. The van der Waals surface area contributed by atoms with Gasteiger partial charge in [-0.2, -0.15) is 4.31 Å². The smallest absolute Gasteiger partial charge is 0.243 e. The quantitative estimate of drug-likeness (QED) is 0.755. The summed E-state index contributed by atoms with van der Waals surface area (Å²) >= 11 is 0.